The van der Waals surface area contributed by atoms with Gasteiger partial charge >= 0.3 is 0 Å². The summed E-state index contributed by atoms with van der Waals surface area (Å²) in [5.74, 6) is 1.64. The summed E-state index contributed by atoms with van der Waals surface area (Å²) in [6.07, 6.45) is 5.51. The second-order valence-corrected chi connectivity index (χ2v) is 4.24. The smallest absolute Gasteiger partial charge is 0.169 e. The maximum Gasteiger partial charge on any atom is 0.169 e. The van der Waals surface area contributed by atoms with Gasteiger partial charge < -0.3 is 14.8 Å². The van der Waals surface area contributed by atoms with Gasteiger partial charge in [0.2, 0.25) is 0 Å². The molecule has 0 aliphatic heterocycles. The van der Waals surface area contributed by atoms with Gasteiger partial charge in [-0.25, -0.2) is 4.98 Å². The molecule has 0 radical (unpaired) electrons. The zero-order valence-electron chi connectivity index (χ0n) is 10.5. The molecule has 0 amide bonds. The van der Waals surface area contributed by atoms with E-state index in [1.807, 2.05) is 19.1 Å². The SMILES string of the molecule is CCOc1cccnc1NC1CCCC1OC. The summed E-state index contributed by atoms with van der Waals surface area (Å²) >= 11 is 0. The van der Waals surface area contributed by atoms with Gasteiger partial charge in [0.05, 0.1) is 18.8 Å². The van der Waals surface area contributed by atoms with Gasteiger partial charge in [-0.15, -0.1) is 0 Å². The van der Waals surface area contributed by atoms with E-state index in [0.717, 1.165) is 24.4 Å². The Morgan fingerprint density at radius 3 is 3.12 bits per heavy atom. The van der Waals surface area contributed by atoms with E-state index < -0.39 is 0 Å². The van der Waals surface area contributed by atoms with Crippen molar-refractivity contribution in [3.63, 3.8) is 0 Å². The minimum absolute atomic E-state index is 0.284. The summed E-state index contributed by atoms with van der Waals surface area (Å²) in [7, 11) is 1.77. The summed E-state index contributed by atoms with van der Waals surface area (Å²) < 4.78 is 11.0. The lowest BCUT2D eigenvalue weighted by atomic mass is 10.2. The normalized spacial score (nSPS) is 23.6. The Bertz CT molecular complexity index is 357. The lowest BCUT2D eigenvalue weighted by Crippen LogP contribution is -2.30. The number of hydrogen-bond acceptors (Lipinski definition) is 4. The molecule has 94 valence electrons. The summed E-state index contributed by atoms with van der Waals surface area (Å²) in [5, 5.41) is 3.43. The third kappa shape index (κ3) is 2.88. The van der Waals surface area contributed by atoms with Crippen LogP contribution in [0.25, 0.3) is 0 Å². The Kier molecular flexibility index (Phi) is 4.20. The van der Waals surface area contributed by atoms with Gasteiger partial charge in [0.25, 0.3) is 0 Å². The lowest BCUT2D eigenvalue weighted by Gasteiger charge is -2.21. The maximum absolute atomic E-state index is 5.55. The average Bonchev–Trinajstić information content (AvgIpc) is 2.79. The highest BCUT2D eigenvalue weighted by Gasteiger charge is 2.27. The molecule has 1 aliphatic carbocycles. The van der Waals surface area contributed by atoms with Gasteiger partial charge in [-0.2, -0.15) is 0 Å². The van der Waals surface area contributed by atoms with E-state index in [-0.39, 0.29) is 6.10 Å². The number of methoxy groups -OCH3 is 1. The van der Waals surface area contributed by atoms with Crippen molar-refractivity contribution in [3.8, 4) is 5.75 Å². The van der Waals surface area contributed by atoms with Crippen LogP contribution in [0.2, 0.25) is 0 Å². The zero-order chi connectivity index (χ0) is 12.1. The molecule has 17 heavy (non-hydrogen) atoms. The van der Waals surface area contributed by atoms with Crippen molar-refractivity contribution in [2.45, 2.75) is 38.3 Å². The fourth-order valence-corrected chi connectivity index (χ4v) is 2.32. The Labute approximate surface area is 102 Å². The number of nitrogens with one attached hydrogen (secondary N) is 1. The molecule has 1 aromatic heterocycles. The predicted octanol–water partition coefficient (Wildman–Crippen LogP) is 2.46. The number of ether oxygens (including phenoxy) is 2. The zero-order valence-corrected chi connectivity index (χ0v) is 10.5. The van der Waals surface area contributed by atoms with Gasteiger partial charge in [0.15, 0.2) is 11.6 Å². The Balaban J connectivity index is 2.07. The molecule has 0 saturated heterocycles. The van der Waals surface area contributed by atoms with E-state index in [4.69, 9.17) is 9.47 Å². The molecule has 1 aromatic rings. The maximum atomic E-state index is 5.55. The summed E-state index contributed by atoms with van der Waals surface area (Å²) in [6.45, 7) is 2.63. The number of hydrogen-bond donors (Lipinski definition) is 1. The van der Waals surface area contributed by atoms with Crippen molar-refractivity contribution in [2.75, 3.05) is 19.0 Å². The molecular formula is C13H20N2O2. The quantitative estimate of drug-likeness (QED) is 0.853. The number of aromatic nitrogens is 1. The van der Waals surface area contributed by atoms with Crippen LogP contribution in [-0.4, -0.2) is 30.8 Å². The van der Waals surface area contributed by atoms with Crippen LogP contribution in [0, 0.1) is 0 Å². The van der Waals surface area contributed by atoms with Crippen molar-refractivity contribution in [2.24, 2.45) is 0 Å². The number of nitrogens with zero attached hydrogens (tertiary/aromatic N) is 1. The Morgan fingerprint density at radius 1 is 1.47 bits per heavy atom. The highest BCUT2D eigenvalue weighted by molar-refractivity contribution is 5.50. The van der Waals surface area contributed by atoms with Crippen molar-refractivity contribution in [3.05, 3.63) is 18.3 Å². The van der Waals surface area contributed by atoms with Gasteiger partial charge in [-0.05, 0) is 38.3 Å². The van der Waals surface area contributed by atoms with Crippen LogP contribution >= 0.6 is 0 Å². The number of pyridine rings is 1. The van der Waals surface area contributed by atoms with Gasteiger partial charge in [-0.1, -0.05) is 0 Å². The fourth-order valence-electron chi connectivity index (χ4n) is 2.32. The molecule has 1 fully saturated rings. The molecule has 4 nitrogen and oxygen atoms in total. The topological polar surface area (TPSA) is 43.4 Å². The van der Waals surface area contributed by atoms with Crippen molar-refractivity contribution in [1.29, 1.82) is 0 Å². The molecule has 0 aromatic carbocycles. The average molecular weight is 236 g/mol. The third-order valence-electron chi connectivity index (χ3n) is 3.15. The van der Waals surface area contributed by atoms with Gasteiger partial charge in [0, 0.05) is 13.3 Å². The first kappa shape index (κ1) is 12.2. The van der Waals surface area contributed by atoms with Crippen LogP contribution in [-0.2, 0) is 4.74 Å². The van der Waals surface area contributed by atoms with E-state index in [1.54, 1.807) is 13.3 Å². The van der Waals surface area contributed by atoms with Crippen LogP contribution in [0.5, 0.6) is 5.75 Å². The highest BCUT2D eigenvalue weighted by atomic mass is 16.5. The standard InChI is InChI=1S/C13H20N2O2/c1-3-17-12-8-5-9-14-13(12)15-10-6-4-7-11(10)16-2/h5,8-11H,3-4,6-7H2,1-2H3,(H,14,15). The van der Waals surface area contributed by atoms with Crippen LogP contribution in [0.15, 0.2) is 18.3 Å². The first-order chi connectivity index (χ1) is 8.35. The molecule has 2 unspecified atom stereocenters. The van der Waals surface area contributed by atoms with E-state index in [0.29, 0.717) is 12.6 Å². The van der Waals surface area contributed by atoms with Crippen molar-refractivity contribution in [1.82, 2.24) is 4.98 Å². The fraction of sp³-hybridized carbons (Fsp3) is 0.615. The highest BCUT2D eigenvalue weighted by Crippen LogP contribution is 2.28. The number of rotatable bonds is 5. The number of anilines is 1. The van der Waals surface area contributed by atoms with Gasteiger partial charge in [0.1, 0.15) is 0 Å². The minimum atomic E-state index is 0.284. The molecule has 2 rings (SSSR count). The lowest BCUT2D eigenvalue weighted by molar-refractivity contribution is 0.101. The molecule has 1 aliphatic rings. The first-order valence-electron chi connectivity index (χ1n) is 6.22. The molecule has 0 spiro atoms. The molecule has 4 heteroatoms. The van der Waals surface area contributed by atoms with Crippen LogP contribution in [0.4, 0.5) is 5.82 Å². The van der Waals surface area contributed by atoms with Crippen LogP contribution < -0.4 is 10.1 Å². The van der Waals surface area contributed by atoms with Crippen LogP contribution in [0.1, 0.15) is 26.2 Å². The molecular weight excluding hydrogens is 216 g/mol. The monoisotopic (exact) mass is 236 g/mol. The Morgan fingerprint density at radius 2 is 2.35 bits per heavy atom. The second-order valence-electron chi connectivity index (χ2n) is 4.24. The summed E-state index contributed by atoms with van der Waals surface area (Å²) in [5.41, 5.74) is 0. The molecule has 0 bridgehead atoms. The van der Waals surface area contributed by atoms with Crippen molar-refractivity contribution < 1.29 is 9.47 Å². The van der Waals surface area contributed by atoms with E-state index in [1.165, 1.54) is 6.42 Å². The van der Waals surface area contributed by atoms with E-state index >= 15 is 0 Å². The van der Waals surface area contributed by atoms with Crippen molar-refractivity contribution >= 4 is 5.82 Å². The molecule has 1 N–H and O–H groups in total. The molecule has 1 heterocycles. The van der Waals surface area contributed by atoms with Gasteiger partial charge in [-0.3, -0.25) is 0 Å². The second kappa shape index (κ2) is 5.87. The summed E-state index contributed by atoms with van der Waals surface area (Å²) in [6, 6.07) is 4.17. The molecule has 2 atom stereocenters. The predicted molar refractivity (Wildman–Crippen MR) is 67.5 cm³/mol. The largest absolute Gasteiger partial charge is 0.490 e. The van der Waals surface area contributed by atoms with E-state index in [2.05, 4.69) is 10.3 Å². The molecule has 1 saturated carbocycles. The van der Waals surface area contributed by atoms with Crippen LogP contribution in [0.3, 0.4) is 0 Å². The van der Waals surface area contributed by atoms with E-state index in [9.17, 15) is 0 Å². The minimum Gasteiger partial charge on any atom is -0.490 e. The third-order valence-corrected chi connectivity index (χ3v) is 3.15. The Hall–Kier alpha value is -1.29. The first-order valence-corrected chi connectivity index (χ1v) is 6.22. The summed E-state index contributed by atoms with van der Waals surface area (Å²) in [4.78, 5) is 4.34.